The molecule has 3 nitrogen and oxygen atoms in total. The van der Waals surface area contributed by atoms with E-state index in [0.29, 0.717) is 18.9 Å². The Bertz CT molecular complexity index is 487. The number of nitrogens with zero attached hydrogens (tertiary/aromatic N) is 1. The minimum absolute atomic E-state index is 0.00552. The van der Waals surface area contributed by atoms with Crippen LogP contribution in [0.3, 0.4) is 0 Å². The van der Waals surface area contributed by atoms with Crippen LogP contribution >= 0.6 is 0 Å². The van der Waals surface area contributed by atoms with Gasteiger partial charge < -0.3 is 4.90 Å². The van der Waals surface area contributed by atoms with Crippen molar-refractivity contribution >= 4 is 11.7 Å². The van der Waals surface area contributed by atoms with Crippen LogP contribution in [-0.2, 0) is 4.79 Å². The number of amides is 1. The van der Waals surface area contributed by atoms with Gasteiger partial charge in [-0.15, -0.1) is 0 Å². The first-order valence-electron chi connectivity index (χ1n) is 6.63. The van der Waals surface area contributed by atoms with Gasteiger partial charge in [-0.05, 0) is 30.9 Å². The lowest BCUT2D eigenvalue weighted by Gasteiger charge is -2.19. The smallest absolute Gasteiger partial charge is 0.222 e. The van der Waals surface area contributed by atoms with Gasteiger partial charge >= 0.3 is 0 Å². The lowest BCUT2D eigenvalue weighted by molar-refractivity contribution is -0.130. The van der Waals surface area contributed by atoms with Gasteiger partial charge in [0, 0.05) is 13.0 Å². The number of rotatable bonds is 3. The first-order valence-corrected chi connectivity index (χ1v) is 6.63. The number of benzene rings is 1. The molecule has 0 aliphatic carbocycles. The largest absolute Gasteiger partial charge is 0.335 e. The van der Waals surface area contributed by atoms with Crippen molar-refractivity contribution in [2.24, 2.45) is 5.92 Å². The van der Waals surface area contributed by atoms with Gasteiger partial charge in [-0.25, -0.2) is 4.39 Å². The van der Waals surface area contributed by atoms with Crippen molar-refractivity contribution in [2.75, 3.05) is 13.1 Å². The topological polar surface area (TPSA) is 37.4 Å². The van der Waals surface area contributed by atoms with Crippen LogP contribution in [0.15, 0.2) is 24.3 Å². The molecule has 0 aromatic heterocycles. The fourth-order valence-corrected chi connectivity index (χ4v) is 2.29. The summed E-state index contributed by atoms with van der Waals surface area (Å²) >= 11 is 0. The van der Waals surface area contributed by atoms with Gasteiger partial charge in [-0.3, -0.25) is 9.59 Å². The average molecular weight is 263 g/mol. The Labute approximate surface area is 112 Å². The number of ketones is 1. The molecule has 102 valence electrons. The highest BCUT2D eigenvalue weighted by Gasteiger charge is 2.23. The standard InChI is InChI=1S/C15H18FNO2/c1-11-6-7-15(19)17(9-8-11)10-14(18)12-4-2-3-5-13(12)16/h2-5,11H,6-10H2,1H3. The molecule has 1 unspecified atom stereocenters. The zero-order chi connectivity index (χ0) is 13.8. The fraction of sp³-hybridized carbons (Fsp3) is 0.467. The summed E-state index contributed by atoms with van der Waals surface area (Å²) in [5, 5.41) is 0. The van der Waals surface area contributed by atoms with E-state index in [-0.39, 0.29) is 23.8 Å². The van der Waals surface area contributed by atoms with Crippen LogP contribution < -0.4 is 0 Å². The summed E-state index contributed by atoms with van der Waals surface area (Å²) in [4.78, 5) is 25.5. The predicted molar refractivity (Wildman–Crippen MR) is 70.3 cm³/mol. The number of carbonyl (C=O) groups excluding carboxylic acids is 2. The molecule has 1 amide bonds. The molecule has 1 saturated heterocycles. The maximum atomic E-state index is 13.5. The third-order valence-corrected chi connectivity index (χ3v) is 3.60. The van der Waals surface area contributed by atoms with E-state index in [1.165, 1.54) is 12.1 Å². The Hall–Kier alpha value is -1.71. The molecule has 4 heteroatoms. The molecular formula is C15H18FNO2. The summed E-state index contributed by atoms with van der Waals surface area (Å²) in [6.07, 6.45) is 2.24. The van der Waals surface area contributed by atoms with E-state index >= 15 is 0 Å². The number of halogens is 1. The quantitative estimate of drug-likeness (QED) is 0.786. The highest BCUT2D eigenvalue weighted by molar-refractivity contribution is 5.99. The van der Waals surface area contributed by atoms with E-state index in [1.807, 2.05) is 0 Å². The first-order chi connectivity index (χ1) is 9.08. The minimum atomic E-state index is -0.525. The van der Waals surface area contributed by atoms with Crippen LogP contribution in [0.2, 0.25) is 0 Å². The normalized spacial score (nSPS) is 20.2. The van der Waals surface area contributed by atoms with E-state index < -0.39 is 5.82 Å². The van der Waals surface area contributed by atoms with Crippen LogP contribution in [0.5, 0.6) is 0 Å². The van der Waals surface area contributed by atoms with Gasteiger partial charge in [-0.2, -0.15) is 0 Å². The molecule has 1 atom stereocenters. The molecule has 1 aromatic carbocycles. The number of hydrogen-bond acceptors (Lipinski definition) is 2. The summed E-state index contributed by atoms with van der Waals surface area (Å²) in [5.41, 5.74) is 0.0626. The molecule has 0 N–H and O–H groups in total. The summed E-state index contributed by atoms with van der Waals surface area (Å²) in [7, 11) is 0. The molecule has 2 rings (SSSR count). The summed E-state index contributed by atoms with van der Waals surface area (Å²) in [5.74, 6) is -0.365. The van der Waals surface area contributed by atoms with Crippen LogP contribution in [0.1, 0.15) is 36.5 Å². The van der Waals surface area contributed by atoms with Gasteiger partial charge in [0.1, 0.15) is 5.82 Å². The number of hydrogen-bond donors (Lipinski definition) is 0. The molecule has 0 bridgehead atoms. The van der Waals surface area contributed by atoms with Crippen molar-refractivity contribution < 1.29 is 14.0 Å². The highest BCUT2D eigenvalue weighted by atomic mass is 19.1. The lowest BCUT2D eigenvalue weighted by atomic mass is 10.0. The zero-order valence-electron chi connectivity index (χ0n) is 11.1. The molecule has 1 fully saturated rings. The molecule has 1 aliphatic rings. The van der Waals surface area contributed by atoms with Crippen LogP contribution in [0, 0.1) is 11.7 Å². The van der Waals surface area contributed by atoms with Crippen molar-refractivity contribution in [1.82, 2.24) is 4.90 Å². The SMILES string of the molecule is CC1CCC(=O)N(CC(=O)c2ccccc2F)CC1. The fourth-order valence-electron chi connectivity index (χ4n) is 2.29. The maximum absolute atomic E-state index is 13.5. The number of likely N-dealkylation sites (tertiary alicyclic amines) is 1. The molecule has 1 aromatic rings. The Morgan fingerprint density at radius 3 is 2.84 bits per heavy atom. The maximum Gasteiger partial charge on any atom is 0.222 e. The second-order valence-electron chi connectivity index (χ2n) is 5.15. The molecule has 0 saturated carbocycles. The second-order valence-corrected chi connectivity index (χ2v) is 5.15. The average Bonchev–Trinajstić information content (AvgIpc) is 2.54. The number of Topliss-reactive ketones (excluding diaryl/α,β-unsaturated/α-hetero) is 1. The Morgan fingerprint density at radius 1 is 1.37 bits per heavy atom. The Kier molecular flexibility index (Phi) is 4.30. The van der Waals surface area contributed by atoms with Gasteiger partial charge in [0.25, 0.3) is 0 Å². The van der Waals surface area contributed by atoms with Gasteiger partial charge in [-0.1, -0.05) is 19.1 Å². The predicted octanol–water partition coefficient (Wildman–Crippen LogP) is 2.66. The van der Waals surface area contributed by atoms with Gasteiger partial charge in [0.15, 0.2) is 5.78 Å². The van der Waals surface area contributed by atoms with Crippen LogP contribution in [-0.4, -0.2) is 29.7 Å². The highest BCUT2D eigenvalue weighted by Crippen LogP contribution is 2.18. The zero-order valence-corrected chi connectivity index (χ0v) is 11.1. The summed E-state index contributed by atoms with van der Waals surface area (Å²) in [6, 6.07) is 5.90. The molecule has 1 heterocycles. The third-order valence-electron chi connectivity index (χ3n) is 3.60. The second kappa shape index (κ2) is 5.95. The van der Waals surface area contributed by atoms with Crippen LogP contribution in [0.4, 0.5) is 4.39 Å². The van der Waals surface area contributed by atoms with Gasteiger partial charge in [0.05, 0.1) is 12.1 Å². The first kappa shape index (κ1) is 13.7. The summed E-state index contributed by atoms with van der Waals surface area (Å²) < 4.78 is 13.5. The van der Waals surface area contributed by atoms with Crippen molar-refractivity contribution in [1.29, 1.82) is 0 Å². The Morgan fingerprint density at radius 2 is 2.11 bits per heavy atom. The van der Waals surface area contributed by atoms with E-state index in [9.17, 15) is 14.0 Å². The van der Waals surface area contributed by atoms with E-state index in [4.69, 9.17) is 0 Å². The minimum Gasteiger partial charge on any atom is -0.335 e. The van der Waals surface area contributed by atoms with Gasteiger partial charge in [0.2, 0.25) is 5.91 Å². The van der Waals surface area contributed by atoms with Crippen molar-refractivity contribution in [2.45, 2.75) is 26.2 Å². The van der Waals surface area contributed by atoms with Crippen LogP contribution in [0.25, 0.3) is 0 Å². The lowest BCUT2D eigenvalue weighted by Crippen LogP contribution is -2.35. The molecule has 0 spiro atoms. The number of carbonyl (C=O) groups is 2. The molecule has 1 aliphatic heterocycles. The van der Waals surface area contributed by atoms with Crippen molar-refractivity contribution in [3.63, 3.8) is 0 Å². The van der Waals surface area contributed by atoms with E-state index in [1.54, 1.807) is 17.0 Å². The molecule has 0 radical (unpaired) electrons. The third kappa shape index (κ3) is 3.40. The summed E-state index contributed by atoms with van der Waals surface area (Å²) in [6.45, 7) is 2.67. The van der Waals surface area contributed by atoms with Crippen molar-refractivity contribution in [3.05, 3.63) is 35.6 Å². The monoisotopic (exact) mass is 263 g/mol. The molecular weight excluding hydrogens is 245 g/mol. The van der Waals surface area contributed by atoms with E-state index in [0.717, 1.165) is 12.8 Å². The Balaban J connectivity index is 2.06. The van der Waals surface area contributed by atoms with Crippen molar-refractivity contribution in [3.8, 4) is 0 Å². The van der Waals surface area contributed by atoms with E-state index in [2.05, 4.69) is 6.92 Å². The molecule has 19 heavy (non-hydrogen) atoms.